The molecule has 3 aromatic rings. The summed E-state index contributed by atoms with van der Waals surface area (Å²) in [6.07, 6.45) is 0.411. The number of para-hydroxylation sites is 1. The smallest absolute Gasteiger partial charge is 0.322 e. The van der Waals surface area contributed by atoms with Crippen LogP contribution in [-0.2, 0) is 16.1 Å². The number of rotatable bonds is 10. The van der Waals surface area contributed by atoms with Gasteiger partial charge in [-0.3, -0.25) is 14.5 Å². The minimum atomic E-state index is -0.794. The first-order valence-corrected chi connectivity index (χ1v) is 14.2. The van der Waals surface area contributed by atoms with Crippen LogP contribution in [0.25, 0.3) is 0 Å². The summed E-state index contributed by atoms with van der Waals surface area (Å²) >= 11 is 0. The number of hydrogen-bond donors (Lipinski definition) is 2. The van der Waals surface area contributed by atoms with Gasteiger partial charge in [0.25, 0.3) is 5.91 Å². The van der Waals surface area contributed by atoms with Gasteiger partial charge < -0.3 is 20.3 Å². The van der Waals surface area contributed by atoms with Crippen molar-refractivity contribution in [1.82, 2.24) is 20.4 Å². The molecule has 42 heavy (non-hydrogen) atoms. The zero-order chi connectivity index (χ0) is 29.8. The number of likely N-dealkylation sites (N-methyl/N-ethyl adjacent to an activating group) is 1. The number of carbonyl (C=O) groups is 3. The number of halogens is 1. The molecule has 0 bridgehead atoms. The number of nitrogens with zero attached hydrogens (tertiary/aromatic N) is 2. The van der Waals surface area contributed by atoms with E-state index in [-0.39, 0.29) is 36.9 Å². The van der Waals surface area contributed by atoms with Gasteiger partial charge in [-0.15, -0.1) is 0 Å². The molecule has 2 heterocycles. The quantitative estimate of drug-likeness (QED) is 0.335. The van der Waals surface area contributed by atoms with Gasteiger partial charge in [0.2, 0.25) is 5.91 Å². The topological polar surface area (TPSA) is 91.0 Å². The van der Waals surface area contributed by atoms with Crippen LogP contribution in [0.15, 0.2) is 90.1 Å². The van der Waals surface area contributed by atoms with Crippen molar-refractivity contribution < 1.29 is 23.5 Å². The summed E-state index contributed by atoms with van der Waals surface area (Å²) in [4.78, 5) is 44.0. The monoisotopic (exact) mass is 570 g/mol. The van der Waals surface area contributed by atoms with Crippen LogP contribution in [0.3, 0.4) is 0 Å². The summed E-state index contributed by atoms with van der Waals surface area (Å²) in [5, 5.41) is 5.82. The maximum atomic E-state index is 14.2. The van der Waals surface area contributed by atoms with Gasteiger partial charge in [0.15, 0.2) is 0 Å². The molecule has 0 fully saturated rings. The fourth-order valence-corrected chi connectivity index (χ4v) is 5.50. The van der Waals surface area contributed by atoms with Crippen LogP contribution in [0.1, 0.15) is 44.4 Å². The fourth-order valence-electron chi connectivity index (χ4n) is 5.50. The third kappa shape index (κ3) is 6.00. The van der Waals surface area contributed by atoms with Crippen LogP contribution in [0.4, 0.5) is 9.18 Å². The Labute approximate surface area is 245 Å². The summed E-state index contributed by atoms with van der Waals surface area (Å²) in [6, 6.07) is 21.1. The van der Waals surface area contributed by atoms with E-state index in [4.69, 9.17) is 4.74 Å². The summed E-state index contributed by atoms with van der Waals surface area (Å²) in [5.41, 5.74) is 2.08. The molecular formula is C33H35FN4O4. The molecule has 8 nitrogen and oxygen atoms in total. The molecular weight excluding hydrogens is 535 g/mol. The van der Waals surface area contributed by atoms with Gasteiger partial charge in [0.05, 0.1) is 23.9 Å². The van der Waals surface area contributed by atoms with Gasteiger partial charge in [0, 0.05) is 18.7 Å². The normalized spacial score (nSPS) is 17.3. The third-order valence-corrected chi connectivity index (χ3v) is 7.52. The largest absolute Gasteiger partial charge is 0.457 e. The SMILES string of the molecule is CCN1C(=O)N[C@H](c2cccc(Oc3ccccc3)c2)C2=C1CN([C@@H](CC(C)C)C(=O)NCc1ccccc1F)C2=O. The lowest BCUT2D eigenvalue weighted by atomic mass is 9.95. The number of benzene rings is 3. The fraction of sp³-hybridized carbons (Fsp3) is 0.303. The van der Waals surface area contributed by atoms with E-state index in [9.17, 15) is 18.8 Å². The summed E-state index contributed by atoms with van der Waals surface area (Å²) in [6.45, 7) is 6.30. The molecule has 2 aliphatic heterocycles. The van der Waals surface area contributed by atoms with E-state index in [1.165, 1.54) is 6.07 Å². The summed E-state index contributed by atoms with van der Waals surface area (Å²) < 4.78 is 20.2. The molecule has 218 valence electrons. The van der Waals surface area contributed by atoms with Crippen molar-refractivity contribution in [2.45, 2.75) is 45.8 Å². The maximum absolute atomic E-state index is 14.2. The van der Waals surface area contributed by atoms with Crippen molar-refractivity contribution in [3.8, 4) is 11.5 Å². The first-order chi connectivity index (χ1) is 20.3. The Kier molecular flexibility index (Phi) is 8.56. The average Bonchev–Trinajstić information content (AvgIpc) is 3.31. The maximum Gasteiger partial charge on any atom is 0.322 e. The molecule has 0 radical (unpaired) electrons. The van der Waals surface area contributed by atoms with Crippen molar-refractivity contribution in [3.63, 3.8) is 0 Å². The van der Waals surface area contributed by atoms with Gasteiger partial charge in [0.1, 0.15) is 23.4 Å². The summed E-state index contributed by atoms with van der Waals surface area (Å²) in [5.74, 6) is 0.258. The van der Waals surface area contributed by atoms with Crippen molar-refractivity contribution in [3.05, 3.63) is 107 Å². The Morgan fingerprint density at radius 1 is 1.02 bits per heavy atom. The minimum Gasteiger partial charge on any atom is -0.457 e. The molecule has 0 aliphatic carbocycles. The molecule has 0 saturated carbocycles. The predicted molar refractivity (Wildman–Crippen MR) is 157 cm³/mol. The van der Waals surface area contributed by atoms with E-state index in [1.54, 1.807) is 28.0 Å². The van der Waals surface area contributed by atoms with Crippen molar-refractivity contribution in [2.24, 2.45) is 5.92 Å². The highest BCUT2D eigenvalue weighted by Gasteiger charge is 2.47. The standard InChI is InChI=1S/C33H35FN4O4/c1-4-37-28-20-38(27(17-21(2)3)31(39)35-19-23-11-8-9-16-26(23)34)32(40)29(28)30(36-33(37)41)22-12-10-15-25(18-22)42-24-13-6-5-7-14-24/h5-16,18,21,27,30H,4,17,19-20H2,1-3H3,(H,35,39)(H,36,41)/t27-,30+/m0/s1. The average molecular weight is 571 g/mol. The second-order valence-corrected chi connectivity index (χ2v) is 10.9. The van der Waals surface area contributed by atoms with Gasteiger partial charge in [-0.2, -0.15) is 0 Å². The number of carbonyl (C=O) groups excluding carboxylic acids is 3. The van der Waals surface area contributed by atoms with E-state index in [0.29, 0.717) is 46.9 Å². The lowest BCUT2D eigenvalue weighted by Crippen LogP contribution is -2.49. The van der Waals surface area contributed by atoms with E-state index in [2.05, 4.69) is 10.6 Å². The first-order valence-electron chi connectivity index (χ1n) is 14.2. The Morgan fingerprint density at radius 3 is 2.45 bits per heavy atom. The number of ether oxygens (including phenoxy) is 1. The predicted octanol–water partition coefficient (Wildman–Crippen LogP) is 5.53. The van der Waals surface area contributed by atoms with Crippen molar-refractivity contribution in [2.75, 3.05) is 13.1 Å². The second-order valence-electron chi connectivity index (χ2n) is 10.9. The molecule has 0 aromatic heterocycles. The minimum absolute atomic E-state index is 0.00718. The van der Waals surface area contributed by atoms with Gasteiger partial charge in [-0.05, 0) is 55.2 Å². The molecule has 0 spiro atoms. The highest BCUT2D eigenvalue weighted by atomic mass is 19.1. The highest BCUT2D eigenvalue weighted by Crippen LogP contribution is 2.38. The van der Waals surface area contributed by atoms with E-state index >= 15 is 0 Å². The van der Waals surface area contributed by atoms with E-state index < -0.39 is 17.9 Å². The van der Waals surface area contributed by atoms with Crippen molar-refractivity contribution in [1.29, 1.82) is 0 Å². The number of amides is 4. The van der Waals surface area contributed by atoms with E-state index in [1.807, 2.05) is 75.4 Å². The lowest BCUT2D eigenvalue weighted by molar-refractivity contribution is -0.137. The van der Waals surface area contributed by atoms with Crippen LogP contribution >= 0.6 is 0 Å². The molecule has 0 saturated heterocycles. The van der Waals surface area contributed by atoms with Crippen molar-refractivity contribution >= 4 is 17.8 Å². The van der Waals surface area contributed by atoms with Crippen LogP contribution in [0, 0.1) is 11.7 Å². The second kappa shape index (κ2) is 12.5. The number of urea groups is 1. The molecule has 4 amide bonds. The molecule has 3 aromatic carbocycles. The molecule has 2 atom stereocenters. The molecule has 0 unspecified atom stereocenters. The third-order valence-electron chi connectivity index (χ3n) is 7.52. The van der Waals surface area contributed by atoms with Crippen LogP contribution in [-0.4, -0.2) is 46.8 Å². The lowest BCUT2D eigenvalue weighted by Gasteiger charge is -2.33. The molecule has 2 aliphatic rings. The Bertz CT molecular complexity index is 1510. The van der Waals surface area contributed by atoms with E-state index in [0.717, 1.165) is 0 Å². The Morgan fingerprint density at radius 2 is 1.74 bits per heavy atom. The van der Waals surface area contributed by atoms with Crippen LogP contribution in [0.2, 0.25) is 0 Å². The highest BCUT2D eigenvalue weighted by molar-refractivity contribution is 6.03. The Hall–Kier alpha value is -4.66. The summed E-state index contributed by atoms with van der Waals surface area (Å²) in [7, 11) is 0. The molecule has 2 N–H and O–H groups in total. The number of hydrogen-bond acceptors (Lipinski definition) is 4. The first kappa shape index (κ1) is 28.9. The Balaban J connectivity index is 1.43. The van der Waals surface area contributed by atoms with Crippen LogP contribution < -0.4 is 15.4 Å². The zero-order valence-electron chi connectivity index (χ0n) is 24.0. The number of nitrogens with one attached hydrogen (secondary N) is 2. The zero-order valence-corrected chi connectivity index (χ0v) is 24.0. The van der Waals surface area contributed by atoms with Gasteiger partial charge in [-0.1, -0.05) is 62.4 Å². The van der Waals surface area contributed by atoms with Gasteiger partial charge in [-0.25, -0.2) is 9.18 Å². The van der Waals surface area contributed by atoms with Gasteiger partial charge >= 0.3 is 6.03 Å². The molecule has 9 heteroatoms. The molecule has 5 rings (SSSR count). The van der Waals surface area contributed by atoms with Crippen LogP contribution in [0.5, 0.6) is 11.5 Å².